The van der Waals surface area contributed by atoms with E-state index in [0.717, 1.165) is 13.7 Å². The van der Waals surface area contributed by atoms with E-state index in [1.165, 1.54) is 33.4 Å². The molecule has 4 aromatic rings. The van der Waals surface area contributed by atoms with Crippen molar-refractivity contribution >= 4 is 91.7 Å². The molecule has 40 heteroatoms. The van der Waals surface area contributed by atoms with Gasteiger partial charge in [0.1, 0.15) is 49.1 Å². The zero-order chi connectivity index (χ0) is 56.5. The van der Waals surface area contributed by atoms with E-state index >= 15 is 0 Å². The number of anilines is 1. The average molecular weight is 1250 g/mol. The van der Waals surface area contributed by atoms with E-state index in [1.54, 1.807) is 13.8 Å². The molecule has 77 heavy (non-hydrogen) atoms. The molecule has 0 radical (unpaired) electrons. The van der Waals surface area contributed by atoms with Crippen molar-refractivity contribution in [2.75, 3.05) is 45.9 Å². The molecule has 32 nitrogen and oxygen atoms in total. The highest BCUT2D eigenvalue weighted by Crippen LogP contribution is 2.58. The third-order valence-corrected chi connectivity index (χ3v) is 18.1. The van der Waals surface area contributed by atoms with E-state index in [1.807, 2.05) is 0 Å². The number of hydrogen-bond acceptors (Lipinski definition) is 25. The fourth-order valence-electron chi connectivity index (χ4n) is 8.20. The Morgan fingerprint density at radius 2 is 1.30 bits per heavy atom. The summed E-state index contributed by atoms with van der Waals surface area (Å²) < 4.78 is 86.7. The molecule has 0 amide bonds. The highest BCUT2D eigenvalue weighted by atomic mass is 32.7. The Hall–Kier alpha value is -2.80. The van der Waals surface area contributed by atoms with Gasteiger partial charge in [-0.2, -0.15) is 4.98 Å². The van der Waals surface area contributed by atoms with Crippen molar-refractivity contribution in [2.45, 2.75) is 114 Å². The number of rotatable bonds is 25. The number of nitrogens with one attached hydrogen (secondary N) is 4. The molecular formula is C37H55N9O23P4S4. The van der Waals surface area contributed by atoms with Crippen LogP contribution in [0.3, 0.4) is 0 Å². The van der Waals surface area contributed by atoms with Crippen molar-refractivity contribution in [3.63, 3.8) is 0 Å². The van der Waals surface area contributed by atoms with Crippen molar-refractivity contribution < 1.29 is 79.5 Å². The van der Waals surface area contributed by atoms with Crippen LogP contribution in [0.25, 0.3) is 11.2 Å². The molecule has 0 bridgehead atoms. The van der Waals surface area contributed by atoms with Gasteiger partial charge in [0.15, 0.2) is 17.4 Å². The number of ether oxygens (including phenoxy) is 4. The average Bonchev–Trinajstić information content (AvgIpc) is 4.12. The molecule has 3 aliphatic rings. The molecule has 3 saturated heterocycles. The Bertz CT molecular complexity index is 3370. The lowest BCUT2D eigenvalue weighted by atomic mass is 10.1. The number of nitrogens with zero attached hydrogens (tertiary/aromatic N) is 4. The lowest BCUT2D eigenvalue weighted by Gasteiger charge is -2.28. The van der Waals surface area contributed by atoms with Crippen LogP contribution in [0.4, 0.5) is 5.95 Å². The molecule has 7 heterocycles. The molecule has 7 rings (SSSR count). The van der Waals surface area contributed by atoms with Crippen molar-refractivity contribution in [3.05, 3.63) is 86.0 Å². The van der Waals surface area contributed by atoms with E-state index in [-0.39, 0.29) is 60.7 Å². The second kappa shape index (κ2) is 25.1. The van der Waals surface area contributed by atoms with Crippen LogP contribution < -0.4 is 39.5 Å². The molecule has 0 aromatic carbocycles. The number of aromatic amines is 4. The van der Waals surface area contributed by atoms with Gasteiger partial charge in [-0.25, -0.2) is 23.5 Å². The van der Waals surface area contributed by atoms with Gasteiger partial charge < -0.3 is 67.1 Å². The standard InChI is InChI=1S/C37H55N9O23P4S4/c1-16(2)66-71(55,75)60-14-22-20(10-25(64-22)46-29-26(39-37(46)53)32(50)41-34(38)40-29)68-72(56,76)61-13-21-19(9-24(63-21)44-11-17(3)30(48)42-35(44)51)67-73(57,77)62-15-23-27(69-70(54,74)59-8-6-7-47)28(58-5)33(65-23)45-12-18(4)31(49)43-36(45)52/h11-12,16,19-25,27-28,33,47H,6-10,13-15H2,1-5H3,(H,39,53)(H,54,74)(H,55,75)(H,56,76)(H,57,77)(H,42,48,51)(H,43,49,52)(H3,38,40,41,50)/t19?,20?,21-,22-,23-,24-,25-,27?,28?,33-,70?,71?,72?,73?/m1/s1. The predicted octanol–water partition coefficient (Wildman–Crippen LogP) is -0.0826. The summed E-state index contributed by atoms with van der Waals surface area (Å²) in [4.78, 5) is 123. The van der Waals surface area contributed by atoms with Crippen LogP contribution in [0.15, 0.2) is 41.2 Å². The zero-order valence-corrected chi connectivity index (χ0v) is 48.0. The van der Waals surface area contributed by atoms with Crippen LogP contribution in [0.1, 0.15) is 62.9 Å². The molecule has 0 spiro atoms. The van der Waals surface area contributed by atoms with Gasteiger partial charge in [0.05, 0.1) is 38.6 Å². The molecule has 8 unspecified atom stereocenters. The summed E-state index contributed by atoms with van der Waals surface area (Å²) in [5.41, 5.74) is 0.715. The van der Waals surface area contributed by atoms with Crippen LogP contribution in [-0.2, 0) is 95.1 Å². The van der Waals surface area contributed by atoms with E-state index in [4.69, 9.17) is 96.3 Å². The summed E-state index contributed by atoms with van der Waals surface area (Å²) in [6.45, 7) is -13.8. The number of nitrogen functional groups attached to an aromatic ring is 1. The molecular weight excluding hydrogens is 1190 g/mol. The van der Waals surface area contributed by atoms with Gasteiger partial charge in [0, 0.05) is 50.1 Å². The molecule has 430 valence electrons. The fraction of sp³-hybridized carbons (Fsp3) is 0.649. The molecule has 3 aliphatic heterocycles. The zero-order valence-electron chi connectivity index (χ0n) is 41.0. The normalized spacial score (nSPS) is 27.9. The first-order valence-corrected chi connectivity index (χ1v) is 33.3. The number of aliphatic hydroxyl groups is 1. The van der Waals surface area contributed by atoms with Crippen LogP contribution in [-0.4, -0.2) is 147 Å². The van der Waals surface area contributed by atoms with Gasteiger partial charge in [0.2, 0.25) is 5.95 Å². The van der Waals surface area contributed by atoms with Crippen molar-refractivity contribution in [1.29, 1.82) is 0 Å². The summed E-state index contributed by atoms with van der Waals surface area (Å²) in [7, 11) is 1.22. The van der Waals surface area contributed by atoms with Crippen LogP contribution in [0.2, 0.25) is 0 Å². The van der Waals surface area contributed by atoms with Crippen molar-refractivity contribution in [1.82, 2.24) is 38.6 Å². The minimum atomic E-state index is -4.67. The van der Waals surface area contributed by atoms with Gasteiger partial charge >= 0.3 is 44.0 Å². The summed E-state index contributed by atoms with van der Waals surface area (Å²) in [5, 5.41) is 9.24. The number of aryl methyl sites for hydroxylation is 2. The Balaban J connectivity index is 1.12. The molecule has 0 saturated carbocycles. The summed E-state index contributed by atoms with van der Waals surface area (Å²) in [6.07, 6.45) is -12.3. The summed E-state index contributed by atoms with van der Waals surface area (Å²) >= 11 is 20.0. The summed E-state index contributed by atoms with van der Waals surface area (Å²) in [6, 6.07) is 0. The number of imidazole rings is 1. The third-order valence-electron chi connectivity index (χ3n) is 11.6. The number of aromatic nitrogens is 8. The Kier molecular flexibility index (Phi) is 20.2. The number of hydrogen-bond donors (Lipinski definition) is 10. The molecule has 14 atom stereocenters. The lowest BCUT2D eigenvalue weighted by molar-refractivity contribution is -0.0627. The van der Waals surface area contributed by atoms with Crippen molar-refractivity contribution in [2.24, 2.45) is 0 Å². The number of H-pyrrole nitrogens is 4. The first-order chi connectivity index (χ1) is 36.0. The largest absolute Gasteiger partial charge is 0.396 e. The number of fused-ring (bicyclic) bond motifs is 1. The first kappa shape index (κ1) is 61.8. The molecule has 3 fully saturated rings. The highest BCUT2D eigenvalue weighted by Gasteiger charge is 2.51. The number of aliphatic hydroxyl groups excluding tert-OH is 1. The third kappa shape index (κ3) is 15.4. The molecule has 10 N–H and O–H groups in total. The Morgan fingerprint density at radius 3 is 1.92 bits per heavy atom. The van der Waals surface area contributed by atoms with Crippen molar-refractivity contribution in [3.8, 4) is 0 Å². The van der Waals surface area contributed by atoms with Gasteiger partial charge in [-0.1, -0.05) is 12.2 Å². The Labute approximate surface area is 454 Å². The quantitative estimate of drug-likeness (QED) is 0.0236. The smallest absolute Gasteiger partial charge is 0.386 e. The maximum absolute atomic E-state index is 14.3. The summed E-state index contributed by atoms with van der Waals surface area (Å²) in [5.74, 6) is -0.329. The predicted molar refractivity (Wildman–Crippen MR) is 282 cm³/mol. The van der Waals surface area contributed by atoms with Gasteiger partial charge in [-0.3, -0.25) is 57.0 Å². The molecule has 0 aliphatic carbocycles. The lowest BCUT2D eigenvalue weighted by Crippen LogP contribution is -2.40. The van der Waals surface area contributed by atoms with E-state index < -0.39 is 148 Å². The van der Waals surface area contributed by atoms with E-state index in [2.05, 4.69) is 37.2 Å². The van der Waals surface area contributed by atoms with E-state index in [0.29, 0.717) is 0 Å². The topological polar surface area (TPSA) is 428 Å². The maximum atomic E-state index is 14.3. The Morgan fingerprint density at radius 1 is 0.740 bits per heavy atom. The second-order valence-corrected chi connectivity index (χ2v) is 28.8. The number of methoxy groups -OCH3 is 1. The van der Waals surface area contributed by atoms with Crippen LogP contribution in [0.5, 0.6) is 0 Å². The first-order valence-electron chi connectivity index (χ1n) is 22.9. The van der Waals surface area contributed by atoms with E-state index in [9.17, 15) is 53.1 Å². The SMILES string of the molecule is COC1C(OP(O)(=S)OCCCO)[C@@H](COP(=O)(S)OC2C[C@H](n3cc(C)c(=O)[nH]c3=O)O[C@@H]2COP(O)(=S)OC2C[C@H](n3c(=O)[nH]c4c(=O)[nH]c(N)nc43)O[C@@H]2COP(O)(=S)OC(C)C)O[C@H]1n1cc(C)c(=O)[nH]c1=O. The highest BCUT2D eigenvalue weighted by molar-refractivity contribution is 8.44. The minimum Gasteiger partial charge on any atom is -0.396 e. The minimum absolute atomic E-state index is 0.0756. The molecule has 4 aromatic heterocycles. The fourth-order valence-corrected chi connectivity index (χ4v) is 14.3. The van der Waals surface area contributed by atoms with Crippen LogP contribution in [0, 0.1) is 13.8 Å². The van der Waals surface area contributed by atoms with Gasteiger partial charge in [0.25, 0.3) is 16.7 Å². The van der Waals surface area contributed by atoms with Crippen LogP contribution >= 0.6 is 39.2 Å². The second-order valence-electron chi connectivity index (χ2n) is 17.6. The number of nitrogens with two attached hydrogens (primary N) is 1. The van der Waals surface area contributed by atoms with Gasteiger partial charge in [-0.15, -0.1) is 0 Å². The number of thiol groups is 1. The maximum Gasteiger partial charge on any atom is 0.386 e. The monoisotopic (exact) mass is 1250 g/mol. The van der Waals surface area contributed by atoms with Gasteiger partial charge in [-0.05, 0) is 69.5 Å².